The van der Waals surface area contributed by atoms with Crippen molar-refractivity contribution < 1.29 is 28.6 Å². The molecule has 1 aliphatic rings. The highest BCUT2D eigenvalue weighted by molar-refractivity contribution is 5.99. The highest BCUT2D eigenvalue weighted by Gasteiger charge is 2.21. The summed E-state index contributed by atoms with van der Waals surface area (Å²) in [7, 11) is 4.34. The average Bonchev–Trinajstić information content (AvgIpc) is 2.89. The largest absolute Gasteiger partial charge is 0.496 e. The van der Waals surface area contributed by atoms with Gasteiger partial charge < -0.3 is 19.1 Å². The Morgan fingerprint density at radius 2 is 1.63 bits per heavy atom. The molecule has 148 valence electrons. The van der Waals surface area contributed by atoms with Crippen LogP contribution in [0.5, 0.6) is 17.2 Å². The number of hydrazine groups is 1. The highest BCUT2D eigenvalue weighted by atomic mass is 16.5. The Hall–Kier alpha value is -2.97. The molecular formula is C18H25N3O6. The fourth-order valence-electron chi connectivity index (χ4n) is 2.82. The molecule has 1 fully saturated rings. The van der Waals surface area contributed by atoms with Crippen LogP contribution in [-0.2, 0) is 9.59 Å². The first-order valence-electron chi connectivity index (χ1n) is 8.67. The number of nitrogens with zero attached hydrogens (tertiary/aromatic N) is 1. The van der Waals surface area contributed by atoms with E-state index in [1.165, 1.54) is 38.4 Å². The lowest BCUT2D eigenvalue weighted by Gasteiger charge is -2.20. The van der Waals surface area contributed by atoms with E-state index in [4.69, 9.17) is 14.2 Å². The quantitative estimate of drug-likeness (QED) is 0.711. The molecule has 2 rings (SSSR count). The molecule has 0 unspecified atom stereocenters. The number of hydrogen-bond donors (Lipinski definition) is 2. The zero-order valence-electron chi connectivity index (χ0n) is 15.8. The molecule has 0 bridgehead atoms. The molecule has 9 heteroatoms. The molecule has 1 saturated heterocycles. The molecule has 9 nitrogen and oxygen atoms in total. The molecule has 2 N–H and O–H groups in total. The van der Waals surface area contributed by atoms with Crippen LogP contribution in [0.4, 0.5) is 0 Å². The number of methoxy groups -OCH3 is 3. The molecule has 1 aromatic rings. The van der Waals surface area contributed by atoms with Crippen LogP contribution < -0.4 is 25.1 Å². The summed E-state index contributed by atoms with van der Waals surface area (Å²) in [6.07, 6.45) is 3.13. The van der Waals surface area contributed by atoms with Gasteiger partial charge in [0.2, 0.25) is 5.91 Å². The molecule has 27 heavy (non-hydrogen) atoms. The summed E-state index contributed by atoms with van der Waals surface area (Å²) in [5.41, 5.74) is 4.82. The molecule has 1 aliphatic heterocycles. The van der Waals surface area contributed by atoms with E-state index in [0.717, 1.165) is 19.3 Å². The van der Waals surface area contributed by atoms with Crippen molar-refractivity contribution in [3.8, 4) is 17.2 Å². The van der Waals surface area contributed by atoms with Crippen LogP contribution in [0, 0.1) is 0 Å². The molecule has 0 atom stereocenters. The van der Waals surface area contributed by atoms with Crippen LogP contribution >= 0.6 is 0 Å². The van der Waals surface area contributed by atoms with Crippen molar-refractivity contribution in [2.75, 3.05) is 34.4 Å². The van der Waals surface area contributed by atoms with E-state index in [1.807, 2.05) is 0 Å². The Kier molecular flexibility index (Phi) is 7.27. The Balaban J connectivity index is 2.00. The smallest absolute Gasteiger partial charge is 0.273 e. The van der Waals surface area contributed by atoms with E-state index < -0.39 is 11.8 Å². The minimum absolute atomic E-state index is 0.0458. The Bertz CT molecular complexity index is 707. The number of benzene rings is 1. The van der Waals surface area contributed by atoms with Gasteiger partial charge in [0.15, 0.2) is 11.5 Å². The molecule has 1 heterocycles. The van der Waals surface area contributed by atoms with Crippen LogP contribution in [0.25, 0.3) is 0 Å². The second-order valence-electron chi connectivity index (χ2n) is 6.04. The van der Waals surface area contributed by atoms with Gasteiger partial charge >= 0.3 is 0 Å². The highest BCUT2D eigenvalue weighted by Crippen LogP contribution is 2.34. The van der Waals surface area contributed by atoms with Crippen molar-refractivity contribution in [2.24, 2.45) is 0 Å². The number of likely N-dealkylation sites (tertiary alicyclic amines) is 1. The van der Waals surface area contributed by atoms with Crippen LogP contribution in [0.1, 0.15) is 36.0 Å². The zero-order valence-corrected chi connectivity index (χ0v) is 15.8. The molecule has 0 spiro atoms. The number of carbonyl (C=O) groups is 3. The topological polar surface area (TPSA) is 106 Å². The van der Waals surface area contributed by atoms with Crippen LogP contribution in [0.3, 0.4) is 0 Å². The molecule has 3 amide bonds. The number of carbonyl (C=O) groups excluding carboxylic acids is 3. The van der Waals surface area contributed by atoms with Gasteiger partial charge in [0, 0.05) is 25.1 Å². The van der Waals surface area contributed by atoms with Crippen LogP contribution in [0.15, 0.2) is 12.1 Å². The van der Waals surface area contributed by atoms with Crippen LogP contribution in [-0.4, -0.2) is 57.0 Å². The lowest BCUT2D eigenvalue weighted by atomic mass is 10.1. The van der Waals surface area contributed by atoms with Gasteiger partial charge in [-0.1, -0.05) is 6.42 Å². The summed E-state index contributed by atoms with van der Waals surface area (Å²) in [5.74, 6) is -0.0708. The minimum Gasteiger partial charge on any atom is -0.496 e. The monoisotopic (exact) mass is 379 g/mol. The third kappa shape index (κ3) is 5.25. The van der Waals surface area contributed by atoms with E-state index in [0.29, 0.717) is 24.5 Å². The normalized spacial score (nSPS) is 14.2. The predicted octanol–water partition coefficient (Wildman–Crippen LogP) is 0.876. The number of amides is 3. The Morgan fingerprint density at radius 1 is 0.963 bits per heavy atom. The zero-order chi connectivity index (χ0) is 19.8. The van der Waals surface area contributed by atoms with Crippen molar-refractivity contribution in [1.29, 1.82) is 0 Å². The van der Waals surface area contributed by atoms with Gasteiger partial charge in [0.1, 0.15) is 12.3 Å². The summed E-state index contributed by atoms with van der Waals surface area (Å²) in [4.78, 5) is 38.0. The molecular weight excluding hydrogens is 354 g/mol. The Labute approximate surface area is 157 Å². The molecule has 0 radical (unpaired) electrons. The van der Waals surface area contributed by atoms with Gasteiger partial charge in [-0.05, 0) is 12.8 Å². The standard InChI is InChI=1S/C18H25N3O6/c1-25-13-10-15(27-3)14(26-2)9-12(13)18(24)20-19-16(22)11-21-8-6-4-5-7-17(21)23/h9-10H,4-8,11H2,1-3H3,(H,19,22)(H,20,24). The maximum absolute atomic E-state index is 12.4. The van der Waals surface area contributed by atoms with Crippen LogP contribution in [0.2, 0.25) is 0 Å². The third-order valence-corrected chi connectivity index (χ3v) is 4.27. The maximum Gasteiger partial charge on any atom is 0.273 e. The summed E-state index contributed by atoms with van der Waals surface area (Å²) >= 11 is 0. The fraction of sp³-hybridized carbons (Fsp3) is 0.500. The van der Waals surface area contributed by atoms with Crippen molar-refractivity contribution in [3.05, 3.63) is 17.7 Å². The Morgan fingerprint density at radius 3 is 2.30 bits per heavy atom. The maximum atomic E-state index is 12.4. The second kappa shape index (κ2) is 9.65. The van der Waals surface area contributed by atoms with Gasteiger partial charge in [-0.15, -0.1) is 0 Å². The van der Waals surface area contributed by atoms with Gasteiger partial charge in [-0.3, -0.25) is 25.2 Å². The average molecular weight is 379 g/mol. The van der Waals surface area contributed by atoms with Gasteiger partial charge in [0.25, 0.3) is 11.8 Å². The summed E-state index contributed by atoms with van der Waals surface area (Å²) in [6.45, 7) is 0.450. The van der Waals surface area contributed by atoms with Gasteiger partial charge in [-0.25, -0.2) is 0 Å². The first-order chi connectivity index (χ1) is 13.0. The number of ether oxygens (including phenoxy) is 3. The van der Waals surface area contributed by atoms with E-state index >= 15 is 0 Å². The molecule has 0 aliphatic carbocycles. The fourth-order valence-corrected chi connectivity index (χ4v) is 2.82. The third-order valence-electron chi connectivity index (χ3n) is 4.27. The summed E-state index contributed by atoms with van der Waals surface area (Å²) in [5, 5.41) is 0. The van der Waals surface area contributed by atoms with Crippen molar-refractivity contribution in [2.45, 2.75) is 25.7 Å². The van der Waals surface area contributed by atoms with Crippen molar-refractivity contribution in [3.63, 3.8) is 0 Å². The molecule has 1 aromatic carbocycles. The van der Waals surface area contributed by atoms with Gasteiger partial charge in [0.05, 0.1) is 26.9 Å². The summed E-state index contributed by atoms with van der Waals surface area (Å²) in [6, 6.07) is 2.98. The van der Waals surface area contributed by atoms with E-state index in [1.54, 1.807) is 0 Å². The second-order valence-corrected chi connectivity index (χ2v) is 6.04. The SMILES string of the molecule is COc1cc(OC)c(C(=O)NNC(=O)CN2CCCCCC2=O)cc1OC. The lowest BCUT2D eigenvalue weighted by molar-refractivity contribution is -0.135. The van der Waals surface area contributed by atoms with Crippen molar-refractivity contribution in [1.82, 2.24) is 15.8 Å². The number of rotatable bonds is 6. The molecule has 0 aromatic heterocycles. The molecule has 0 saturated carbocycles. The first kappa shape index (κ1) is 20.3. The van der Waals surface area contributed by atoms with E-state index in [2.05, 4.69) is 10.9 Å². The van der Waals surface area contributed by atoms with E-state index in [-0.39, 0.29) is 23.8 Å². The number of hydrogen-bond acceptors (Lipinski definition) is 6. The number of nitrogens with one attached hydrogen (secondary N) is 2. The van der Waals surface area contributed by atoms with Crippen molar-refractivity contribution >= 4 is 17.7 Å². The summed E-state index contributed by atoms with van der Waals surface area (Å²) < 4.78 is 15.6. The first-order valence-corrected chi connectivity index (χ1v) is 8.67. The predicted molar refractivity (Wildman–Crippen MR) is 96.8 cm³/mol. The minimum atomic E-state index is -0.580. The van der Waals surface area contributed by atoms with Gasteiger partial charge in [-0.2, -0.15) is 0 Å². The lowest BCUT2D eigenvalue weighted by Crippen LogP contribution is -2.47. The van der Waals surface area contributed by atoms with E-state index in [9.17, 15) is 14.4 Å².